The van der Waals surface area contributed by atoms with Crippen LogP contribution in [-0.2, 0) is 19.1 Å². The van der Waals surface area contributed by atoms with Gasteiger partial charge in [-0.2, -0.15) is 0 Å². The van der Waals surface area contributed by atoms with Gasteiger partial charge < -0.3 is 9.22 Å². The fourth-order valence-corrected chi connectivity index (χ4v) is 5.22. The predicted octanol–water partition coefficient (Wildman–Crippen LogP) is 3.18. The summed E-state index contributed by atoms with van der Waals surface area (Å²) < 4.78 is 6.02. The van der Waals surface area contributed by atoms with Crippen molar-refractivity contribution in [2.45, 2.75) is 53.1 Å². The Morgan fingerprint density at radius 1 is 1.10 bits per heavy atom. The Balaban J connectivity index is 1.53. The van der Waals surface area contributed by atoms with Gasteiger partial charge in [-0.05, 0) is 26.7 Å². The number of rotatable bonds is 8. The summed E-state index contributed by atoms with van der Waals surface area (Å²) in [4.78, 5) is 39.7. The average molecular weight is 432 g/mol. The normalized spacial score (nSPS) is 28.9. The summed E-state index contributed by atoms with van der Waals surface area (Å²) in [5.74, 6) is -0.0151. The van der Waals surface area contributed by atoms with Gasteiger partial charge in [-0.15, -0.1) is 0 Å². The molecule has 31 heavy (non-hydrogen) atoms. The van der Waals surface area contributed by atoms with E-state index in [1.165, 1.54) is 10.5 Å². The van der Waals surface area contributed by atoms with Crippen molar-refractivity contribution in [2.75, 3.05) is 33.7 Å². The first-order valence-corrected chi connectivity index (χ1v) is 11.6. The van der Waals surface area contributed by atoms with Crippen LogP contribution in [0.4, 0.5) is 0 Å². The molecule has 6 heteroatoms. The highest BCUT2D eigenvalue weighted by Gasteiger charge is 2.61. The van der Waals surface area contributed by atoms with E-state index < -0.39 is 5.60 Å². The Morgan fingerprint density at radius 2 is 1.65 bits per heavy atom. The zero-order valence-corrected chi connectivity index (χ0v) is 20.2. The number of allylic oxidation sites excluding steroid dienone is 4. The van der Waals surface area contributed by atoms with Crippen molar-refractivity contribution < 1.29 is 23.6 Å². The van der Waals surface area contributed by atoms with Crippen LogP contribution in [0.2, 0.25) is 0 Å². The van der Waals surface area contributed by atoms with Crippen LogP contribution in [0.15, 0.2) is 23.8 Å². The molecule has 172 valence electrons. The topological polar surface area (TPSA) is 63.7 Å². The Labute approximate surface area is 186 Å². The number of hydrogen-bond donors (Lipinski definition) is 0. The number of esters is 1. The standard InChI is InChI=1S/C25H39N2O4/c1-16(2)15-19-17-10-11-18(19)22-21(17)23(29)26(24(22)30)12-14-27(6,7)13-8-9-20(28)31-25(3,4)5/h10-11,15-18,21-22H,8-9,12-14H2,1-7H3/q+1/b19-15-/t17?,18?,21-,22+/m0/s1. The van der Waals surface area contributed by atoms with Gasteiger partial charge in [0.1, 0.15) is 5.60 Å². The molecule has 3 aliphatic rings. The Hall–Kier alpha value is -1.95. The maximum Gasteiger partial charge on any atom is 0.306 e. The van der Waals surface area contributed by atoms with Crippen molar-refractivity contribution in [3.8, 4) is 0 Å². The summed E-state index contributed by atoms with van der Waals surface area (Å²) in [6.45, 7) is 11.8. The lowest BCUT2D eigenvalue weighted by Gasteiger charge is -2.31. The van der Waals surface area contributed by atoms with Gasteiger partial charge in [-0.25, -0.2) is 0 Å². The molecule has 2 amide bonds. The molecular weight excluding hydrogens is 392 g/mol. The summed E-state index contributed by atoms with van der Waals surface area (Å²) in [6.07, 6.45) is 7.59. The van der Waals surface area contributed by atoms with E-state index >= 15 is 0 Å². The molecule has 1 saturated heterocycles. The molecule has 2 unspecified atom stereocenters. The van der Waals surface area contributed by atoms with Crippen LogP contribution in [0.5, 0.6) is 0 Å². The lowest BCUT2D eigenvalue weighted by molar-refractivity contribution is -0.889. The van der Waals surface area contributed by atoms with E-state index in [0.717, 1.165) is 6.54 Å². The molecule has 6 nitrogen and oxygen atoms in total. The number of likely N-dealkylation sites (N-methyl/N-ethyl adjacent to an activating group) is 1. The van der Waals surface area contributed by atoms with Crippen LogP contribution in [0.3, 0.4) is 0 Å². The predicted molar refractivity (Wildman–Crippen MR) is 120 cm³/mol. The van der Waals surface area contributed by atoms with Gasteiger partial charge >= 0.3 is 5.97 Å². The second-order valence-corrected chi connectivity index (χ2v) is 11.3. The van der Waals surface area contributed by atoms with E-state index in [9.17, 15) is 14.4 Å². The number of likely N-dealkylation sites (tertiary alicyclic amines) is 1. The van der Waals surface area contributed by atoms with Gasteiger partial charge in [0.05, 0.1) is 52.0 Å². The van der Waals surface area contributed by atoms with Gasteiger partial charge in [0.25, 0.3) is 0 Å². The van der Waals surface area contributed by atoms with Crippen molar-refractivity contribution in [1.29, 1.82) is 0 Å². The monoisotopic (exact) mass is 431 g/mol. The van der Waals surface area contributed by atoms with E-state index in [2.05, 4.69) is 46.2 Å². The third-order valence-electron chi connectivity index (χ3n) is 6.58. The number of carbonyl (C=O) groups excluding carboxylic acids is 3. The highest BCUT2D eigenvalue weighted by atomic mass is 16.6. The van der Waals surface area contributed by atoms with Crippen LogP contribution < -0.4 is 0 Å². The van der Waals surface area contributed by atoms with Crippen LogP contribution in [0.25, 0.3) is 0 Å². The molecule has 4 atom stereocenters. The number of hydrogen-bond acceptors (Lipinski definition) is 4. The fourth-order valence-electron chi connectivity index (χ4n) is 5.22. The second-order valence-electron chi connectivity index (χ2n) is 11.3. The molecule has 0 aromatic rings. The number of fused-ring (bicyclic) bond motifs is 5. The van der Waals surface area contributed by atoms with Crippen LogP contribution in [-0.4, -0.2) is 66.5 Å². The molecule has 0 radical (unpaired) electrons. The summed E-state index contributed by atoms with van der Waals surface area (Å²) in [5.41, 5.74) is 0.804. The van der Waals surface area contributed by atoms with Crippen molar-refractivity contribution in [1.82, 2.24) is 4.90 Å². The van der Waals surface area contributed by atoms with Crippen molar-refractivity contribution >= 4 is 17.8 Å². The Morgan fingerprint density at radius 3 is 2.13 bits per heavy atom. The summed E-state index contributed by atoms with van der Waals surface area (Å²) in [5, 5.41) is 0. The van der Waals surface area contributed by atoms with Crippen LogP contribution in [0.1, 0.15) is 47.5 Å². The maximum atomic E-state index is 13.1. The van der Waals surface area contributed by atoms with Crippen molar-refractivity contribution in [3.05, 3.63) is 23.8 Å². The van der Waals surface area contributed by atoms with Gasteiger partial charge in [0.15, 0.2) is 0 Å². The summed E-state index contributed by atoms with van der Waals surface area (Å²) >= 11 is 0. The Bertz CT molecular complexity index is 769. The summed E-state index contributed by atoms with van der Waals surface area (Å²) in [7, 11) is 4.16. The van der Waals surface area contributed by atoms with E-state index in [4.69, 9.17) is 4.74 Å². The number of quaternary nitrogens is 1. The minimum atomic E-state index is -0.464. The lowest BCUT2D eigenvalue weighted by atomic mass is 9.85. The number of imide groups is 1. The molecule has 2 bridgehead atoms. The highest BCUT2D eigenvalue weighted by molar-refractivity contribution is 6.07. The first-order chi connectivity index (χ1) is 14.3. The minimum Gasteiger partial charge on any atom is -0.460 e. The van der Waals surface area contributed by atoms with Crippen molar-refractivity contribution in [2.24, 2.45) is 29.6 Å². The molecule has 0 spiro atoms. The Kier molecular flexibility index (Phi) is 6.52. The van der Waals surface area contributed by atoms with E-state index in [1.807, 2.05) is 20.8 Å². The smallest absolute Gasteiger partial charge is 0.306 e. The van der Waals surface area contributed by atoms with Gasteiger partial charge in [-0.3, -0.25) is 19.3 Å². The third kappa shape index (κ3) is 5.11. The molecule has 0 aromatic heterocycles. The number of ether oxygens (including phenoxy) is 1. The SMILES string of the molecule is CC(C)/C=C1\C2C=CC1[C@@H]1C(=O)N(CC[N+](C)(C)CCCC(=O)OC(C)(C)C)C(=O)[C@H]21. The molecule has 1 aliphatic heterocycles. The van der Waals surface area contributed by atoms with Gasteiger partial charge in [0.2, 0.25) is 11.8 Å². The van der Waals surface area contributed by atoms with E-state index in [-0.39, 0.29) is 41.5 Å². The van der Waals surface area contributed by atoms with Gasteiger partial charge in [0, 0.05) is 18.3 Å². The van der Waals surface area contributed by atoms with Crippen LogP contribution in [0, 0.1) is 29.6 Å². The number of carbonyl (C=O) groups is 3. The highest BCUT2D eigenvalue weighted by Crippen LogP contribution is 2.55. The first kappa shape index (κ1) is 23.7. The molecule has 0 N–H and O–H groups in total. The van der Waals surface area contributed by atoms with E-state index in [0.29, 0.717) is 36.3 Å². The fraction of sp³-hybridized carbons (Fsp3) is 0.720. The molecule has 3 rings (SSSR count). The molecule has 2 aliphatic carbocycles. The molecule has 1 saturated carbocycles. The quantitative estimate of drug-likeness (QED) is 0.256. The molecule has 2 fully saturated rings. The summed E-state index contributed by atoms with van der Waals surface area (Å²) in [6, 6.07) is 0. The van der Waals surface area contributed by atoms with E-state index in [1.54, 1.807) is 0 Å². The molecular formula is C25H39N2O4+. The number of nitrogens with zero attached hydrogens (tertiary/aromatic N) is 2. The zero-order chi connectivity index (χ0) is 23.1. The van der Waals surface area contributed by atoms with Gasteiger partial charge in [-0.1, -0.05) is 37.6 Å². The number of amides is 2. The maximum absolute atomic E-state index is 13.1. The molecule has 1 heterocycles. The third-order valence-corrected chi connectivity index (χ3v) is 6.58. The second kappa shape index (κ2) is 8.53. The zero-order valence-electron chi connectivity index (χ0n) is 20.2. The molecule has 0 aromatic carbocycles. The van der Waals surface area contributed by atoms with Crippen LogP contribution >= 0.6 is 0 Å². The lowest BCUT2D eigenvalue weighted by Crippen LogP contribution is -2.48. The average Bonchev–Trinajstić information content (AvgIpc) is 3.21. The minimum absolute atomic E-state index is 0.00439. The first-order valence-electron chi connectivity index (χ1n) is 11.6. The largest absolute Gasteiger partial charge is 0.460 e. The van der Waals surface area contributed by atoms with Crippen molar-refractivity contribution in [3.63, 3.8) is 0 Å².